The van der Waals surface area contributed by atoms with Gasteiger partial charge in [0.15, 0.2) is 0 Å². The molecule has 5 nitrogen and oxygen atoms in total. The third-order valence-electron chi connectivity index (χ3n) is 6.03. The van der Waals surface area contributed by atoms with E-state index in [0.29, 0.717) is 6.54 Å². The predicted molar refractivity (Wildman–Crippen MR) is 123 cm³/mol. The van der Waals surface area contributed by atoms with Crippen molar-refractivity contribution in [2.24, 2.45) is 11.7 Å². The summed E-state index contributed by atoms with van der Waals surface area (Å²) in [7, 11) is 0. The van der Waals surface area contributed by atoms with Crippen LogP contribution in [0.15, 0.2) is 24.3 Å². The molecule has 0 bridgehead atoms. The van der Waals surface area contributed by atoms with Gasteiger partial charge in [-0.1, -0.05) is 37.1 Å². The molecular formula is C22H37Cl2N3O2. The summed E-state index contributed by atoms with van der Waals surface area (Å²) in [4.78, 5) is 15.2. The summed E-state index contributed by atoms with van der Waals surface area (Å²) in [5.74, 6) is 0.0162. The number of halogens is 2. The SMILES string of the molecule is CC1CN(Cc2ccccc2CNC(=O)C2CCCCC2(C)N)CC(C)O1.Cl.Cl. The van der Waals surface area contributed by atoms with E-state index in [0.717, 1.165) is 45.3 Å². The minimum atomic E-state index is -0.387. The summed E-state index contributed by atoms with van der Waals surface area (Å²) in [5.41, 5.74) is 8.47. The normalized spacial score (nSPS) is 30.0. The summed E-state index contributed by atoms with van der Waals surface area (Å²) in [5, 5.41) is 3.16. The lowest BCUT2D eigenvalue weighted by atomic mass is 9.74. The van der Waals surface area contributed by atoms with Crippen LogP contribution < -0.4 is 11.1 Å². The van der Waals surface area contributed by atoms with E-state index in [1.54, 1.807) is 0 Å². The van der Waals surface area contributed by atoms with Crippen LogP contribution in [0.1, 0.15) is 57.6 Å². The van der Waals surface area contributed by atoms with E-state index in [9.17, 15) is 4.79 Å². The highest BCUT2D eigenvalue weighted by atomic mass is 35.5. The fourth-order valence-electron chi connectivity index (χ4n) is 4.63. The van der Waals surface area contributed by atoms with E-state index < -0.39 is 0 Å². The second kappa shape index (κ2) is 11.5. The van der Waals surface area contributed by atoms with Crippen molar-refractivity contribution in [2.45, 2.75) is 77.3 Å². The highest BCUT2D eigenvalue weighted by molar-refractivity contribution is 5.85. The first-order valence-electron chi connectivity index (χ1n) is 10.4. The first-order chi connectivity index (χ1) is 12.8. The van der Waals surface area contributed by atoms with Gasteiger partial charge in [0.1, 0.15) is 0 Å². The van der Waals surface area contributed by atoms with Crippen LogP contribution in [-0.2, 0) is 22.6 Å². The van der Waals surface area contributed by atoms with Crippen LogP contribution in [0, 0.1) is 5.92 Å². The molecule has 1 aromatic carbocycles. The summed E-state index contributed by atoms with van der Waals surface area (Å²) in [6.45, 7) is 9.62. The lowest BCUT2D eigenvalue weighted by molar-refractivity contribution is -0.128. The number of rotatable bonds is 5. The Labute approximate surface area is 187 Å². The summed E-state index contributed by atoms with van der Waals surface area (Å²) < 4.78 is 5.84. The molecule has 1 aliphatic carbocycles. The summed E-state index contributed by atoms with van der Waals surface area (Å²) in [6.07, 6.45) is 4.55. The van der Waals surface area contributed by atoms with Crippen LogP contribution in [0.2, 0.25) is 0 Å². The van der Waals surface area contributed by atoms with Crippen LogP contribution in [0.5, 0.6) is 0 Å². The predicted octanol–water partition coefficient (Wildman–Crippen LogP) is 3.66. The molecule has 4 unspecified atom stereocenters. The number of nitrogens with zero attached hydrogens (tertiary/aromatic N) is 1. The number of carbonyl (C=O) groups excluding carboxylic acids is 1. The van der Waals surface area contributed by atoms with Gasteiger partial charge in [-0.25, -0.2) is 0 Å². The second-order valence-electron chi connectivity index (χ2n) is 8.74. The zero-order valence-electron chi connectivity index (χ0n) is 17.9. The molecule has 2 aliphatic rings. The molecule has 1 saturated heterocycles. The monoisotopic (exact) mass is 445 g/mol. The van der Waals surface area contributed by atoms with Gasteiger partial charge in [0.05, 0.1) is 18.1 Å². The fraction of sp³-hybridized carbons (Fsp3) is 0.682. The van der Waals surface area contributed by atoms with Crippen molar-refractivity contribution in [1.29, 1.82) is 0 Å². The van der Waals surface area contributed by atoms with Gasteiger partial charge in [0.2, 0.25) is 5.91 Å². The molecule has 1 aliphatic heterocycles. The first-order valence-corrected chi connectivity index (χ1v) is 10.4. The Bertz CT molecular complexity index is 647. The van der Waals surface area contributed by atoms with Gasteiger partial charge in [-0.15, -0.1) is 24.8 Å². The molecule has 0 aromatic heterocycles. The van der Waals surface area contributed by atoms with Crippen molar-refractivity contribution < 1.29 is 9.53 Å². The minimum absolute atomic E-state index is 0. The van der Waals surface area contributed by atoms with E-state index in [1.165, 1.54) is 11.1 Å². The Kier molecular flexibility index (Phi) is 10.4. The third kappa shape index (κ3) is 7.11. The standard InChI is InChI=1S/C22H35N3O2.2ClH/c1-16-13-25(14-17(2)27-16)15-19-9-5-4-8-18(19)12-24-21(26)20-10-6-7-11-22(20,3)23;;/h4-5,8-9,16-17,20H,6-7,10-15,23H2,1-3H3,(H,24,26);2*1H. The van der Waals surface area contributed by atoms with Crippen LogP contribution >= 0.6 is 24.8 Å². The number of nitrogens with one attached hydrogen (secondary N) is 1. The Morgan fingerprint density at radius 3 is 2.41 bits per heavy atom. The van der Waals surface area contributed by atoms with Gasteiger partial charge < -0.3 is 15.8 Å². The summed E-state index contributed by atoms with van der Waals surface area (Å²) in [6, 6.07) is 8.40. The number of hydrogen-bond donors (Lipinski definition) is 2. The highest BCUT2D eigenvalue weighted by Gasteiger charge is 2.37. The largest absolute Gasteiger partial charge is 0.373 e. The zero-order valence-corrected chi connectivity index (χ0v) is 19.5. The van der Waals surface area contributed by atoms with Crippen molar-refractivity contribution in [2.75, 3.05) is 13.1 Å². The molecule has 1 amide bonds. The maximum atomic E-state index is 12.8. The van der Waals surface area contributed by atoms with Crippen molar-refractivity contribution in [3.63, 3.8) is 0 Å². The highest BCUT2D eigenvalue weighted by Crippen LogP contribution is 2.31. The molecular weight excluding hydrogens is 409 g/mol. The van der Waals surface area contributed by atoms with Gasteiger partial charge in [0.25, 0.3) is 0 Å². The Morgan fingerprint density at radius 2 is 1.79 bits per heavy atom. The van der Waals surface area contributed by atoms with E-state index in [-0.39, 0.29) is 54.4 Å². The van der Waals surface area contributed by atoms with Crippen LogP contribution in [0.25, 0.3) is 0 Å². The Morgan fingerprint density at radius 1 is 1.17 bits per heavy atom. The average molecular weight is 446 g/mol. The molecule has 1 aromatic rings. The molecule has 3 rings (SSSR count). The average Bonchev–Trinajstić information content (AvgIpc) is 2.59. The van der Waals surface area contributed by atoms with Crippen molar-refractivity contribution in [3.8, 4) is 0 Å². The molecule has 0 spiro atoms. The molecule has 1 heterocycles. The topological polar surface area (TPSA) is 67.6 Å². The number of hydrogen-bond acceptors (Lipinski definition) is 4. The molecule has 0 radical (unpaired) electrons. The smallest absolute Gasteiger partial charge is 0.225 e. The quantitative estimate of drug-likeness (QED) is 0.725. The number of nitrogens with two attached hydrogens (primary N) is 1. The molecule has 166 valence electrons. The van der Waals surface area contributed by atoms with Crippen molar-refractivity contribution >= 4 is 30.7 Å². The van der Waals surface area contributed by atoms with Crippen molar-refractivity contribution in [3.05, 3.63) is 35.4 Å². The van der Waals surface area contributed by atoms with Gasteiger partial charge in [0, 0.05) is 31.7 Å². The van der Waals surface area contributed by atoms with Gasteiger partial charge in [-0.05, 0) is 44.7 Å². The molecule has 3 N–H and O–H groups in total. The maximum Gasteiger partial charge on any atom is 0.225 e. The molecule has 4 atom stereocenters. The molecule has 1 saturated carbocycles. The van der Waals surface area contributed by atoms with E-state index in [2.05, 4.69) is 42.3 Å². The van der Waals surface area contributed by atoms with Crippen LogP contribution in [0.4, 0.5) is 0 Å². The Hall–Kier alpha value is -0.850. The van der Waals surface area contributed by atoms with Gasteiger partial charge >= 0.3 is 0 Å². The van der Waals surface area contributed by atoms with Crippen LogP contribution in [0.3, 0.4) is 0 Å². The maximum absolute atomic E-state index is 12.8. The molecule has 7 heteroatoms. The van der Waals surface area contributed by atoms with E-state index in [4.69, 9.17) is 10.5 Å². The van der Waals surface area contributed by atoms with Gasteiger partial charge in [-0.3, -0.25) is 9.69 Å². The zero-order chi connectivity index (χ0) is 19.4. The van der Waals surface area contributed by atoms with Crippen molar-refractivity contribution in [1.82, 2.24) is 10.2 Å². The number of benzene rings is 1. The number of carbonyl (C=O) groups is 1. The van der Waals surface area contributed by atoms with Crippen LogP contribution in [-0.4, -0.2) is 41.6 Å². The number of amides is 1. The second-order valence-corrected chi connectivity index (χ2v) is 8.74. The fourth-order valence-corrected chi connectivity index (χ4v) is 4.63. The number of ether oxygens (including phenoxy) is 1. The van der Waals surface area contributed by atoms with Gasteiger partial charge in [-0.2, -0.15) is 0 Å². The molecule has 29 heavy (non-hydrogen) atoms. The minimum Gasteiger partial charge on any atom is -0.373 e. The first kappa shape index (κ1) is 26.2. The summed E-state index contributed by atoms with van der Waals surface area (Å²) >= 11 is 0. The third-order valence-corrected chi connectivity index (χ3v) is 6.03. The molecule has 2 fully saturated rings. The van der Waals surface area contributed by atoms with E-state index >= 15 is 0 Å². The van der Waals surface area contributed by atoms with E-state index in [1.807, 2.05) is 13.0 Å². The lowest BCUT2D eigenvalue weighted by Crippen LogP contribution is -2.52. The lowest BCUT2D eigenvalue weighted by Gasteiger charge is -2.37. The Balaban J connectivity index is 0.00000210. The number of morpholine rings is 1.